The van der Waals surface area contributed by atoms with Crippen molar-refractivity contribution in [3.63, 3.8) is 0 Å². The van der Waals surface area contributed by atoms with Crippen molar-refractivity contribution in [2.24, 2.45) is 0 Å². The molecule has 0 bridgehead atoms. The molecule has 2 aromatic rings. The number of aliphatic hydroxyl groups excluding tert-OH is 1. The molecule has 1 saturated heterocycles. The zero-order valence-electron chi connectivity index (χ0n) is 15.0. The van der Waals surface area contributed by atoms with Crippen LogP contribution in [0.25, 0.3) is 5.76 Å². The van der Waals surface area contributed by atoms with E-state index in [4.69, 9.17) is 9.47 Å². The predicted octanol–water partition coefficient (Wildman–Crippen LogP) is 2.12. The molecule has 140 valence electrons. The molecular formula is C20H20N2O5. The van der Waals surface area contributed by atoms with E-state index < -0.39 is 24.0 Å². The number of likely N-dealkylation sites (tertiary alicyclic amines) is 1. The second-order valence-electron chi connectivity index (χ2n) is 6.00. The Balaban J connectivity index is 2.14. The minimum absolute atomic E-state index is 0.0187. The second kappa shape index (κ2) is 8.11. The van der Waals surface area contributed by atoms with E-state index in [1.807, 2.05) is 0 Å². The van der Waals surface area contributed by atoms with Crippen molar-refractivity contribution >= 4 is 17.4 Å². The van der Waals surface area contributed by atoms with Crippen LogP contribution < -0.4 is 0 Å². The summed E-state index contributed by atoms with van der Waals surface area (Å²) in [5, 5.41) is 10.8. The van der Waals surface area contributed by atoms with Crippen LogP contribution in [-0.2, 0) is 19.1 Å². The number of aromatic nitrogens is 1. The molecule has 0 saturated carbocycles. The molecule has 0 radical (unpaired) electrons. The Hall–Kier alpha value is -3.03. The summed E-state index contributed by atoms with van der Waals surface area (Å²) in [5.74, 6) is -1.70. The summed E-state index contributed by atoms with van der Waals surface area (Å²) in [7, 11) is 2.90. The van der Waals surface area contributed by atoms with Gasteiger partial charge in [0, 0.05) is 32.2 Å². The average molecular weight is 368 g/mol. The molecule has 1 aromatic carbocycles. The van der Waals surface area contributed by atoms with Gasteiger partial charge in [0.25, 0.3) is 11.7 Å². The number of Topliss-reactive ketones (excluding diaryl/α,β-unsaturated/α-hetero) is 1. The van der Waals surface area contributed by atoms with Gasteiger partial charge >= 0.3 is 0 Å². The minimum Gasteiger partial charge on any atom is -0.507 e. The summed E-state index contributed by atoms with van der Waals surface area (Å²) < 4.78 is 10.4. The van der Waals surface area contributed by atoms with Crippen LogP contribution in [0.1, 0.15) is 17.2 Å². The summed E-state index contributed by atoms with van der Waals surface area (Å²) in [6, 6.07) is 11.3. The number of ketones is 1. The van der Waals surface area contributed by atoms with Gasteiger partial charge in [0.1, 0.15) is 5.76 Å². The molecule has 1 aliphatic rings. The first-order chi connectivity index (χ1) is 13.1. The van der Waals surface area contributed by atoms with E-state index in [1.54, 1.807) is 54.9 Å². The lowest BCUT2D eigenvalue weighted by molar-refractivity contribution is -0.149. The van der Waals surface area contributed by atoms with E-state index in [1.165, 1.54) is 19.1 Å². The van der Waals surface area contributed by atoms with Gasteiger partial charge in [0.05, 0.1) is 18.2 Å². The number of carbonyl (C=O) groups is 2. The van der Waals surface area contributed by atoms with E-state index >= 15 is 0 Å². The van der Waals surface area contributed by atoms with Crippen LogP contribution in [0.4, 0.5) is 0 Å². The van der Waals surface area contributed by atoms with Gasteiger partial charge in [-0.2, -0.15) is 0 Å². The highest BCUT2D eigenvalue weighted by Gasteiger charge is 2.46. The fraction of sp³-hybridized carbons (Fsp3) is 0.250. The van der Waals surface area contributed by atoms with E-state index in [0.29, 0.717) is 11.1 Å². The standard InChI is InChI=1S/C20H20N2O5/c1-26-15(27-2)12-22-17(14-9-6-10-21-11-14)16(19(24)20(22)25)18(23)13-7-4-3-5-8-13/h3-11,15,17,23H,12H2,1-2H3. The molecule has 1 amide bonds. The molecule has 2 heterocycles. The number of rotatable bonds is 6. The summed E-state index contributed by atoms with van der Waals surface area (Å²) in [5.41, 5.74) is 1.09. The Morgan fingerprint density at radius 1 is 1.15 bits per heavy atom. The number of aliphatic hydroxyl groups is 1. The van der Waals surface area contributed by atoms with Crippen LogP contribution >= 0.6 is 0 Å². The molecule has 1 aliphatic heterocycles. The van der Waals surface area contributed by atoms with Crippen molar-refractivity contribution < 1.29 is 24.2 Å². The molecule has 3 rings (SSSR count). The van der Waals surface area contributed by atoms with Gasteiger partial charge in [-0.25, -0.2) is 0 Å². The predicted molar refractivity (Wildman–Crippen MR) is 97.5 cm³/mol. The number of methoxy groups -OCH3 is 2. The third-order valence-electron chi connectivity index (χ3n) is 4.46. The van der Waals surface area contributed by atoms with Gasteiger partial charge in [0.15, 0.2) is 6.29 Å². The number of hydrogen-bond acceptors (Lipinski definition) is 6. The third-order valence-corrected chi connectivity index (χ3v) is 4.46. The van der Waals surface area contributed by atoms with Crippen molar-refractivity contribution in [1.29, 1.82) is 0 Å². The smallest absolute Gasteiger partial charge is 0.295 e. The number of hydrogen-bond donors (Lipinski definition) is 1. The van der Waals surface area contributed by atoms with Crippen molar-refractivity contribution in [2.75, 3.05) is 20.8 Å². The SMILES string of the molecule is COC(CN1C(=O)C(=O)C(=C(O)c2ccccc2)C1c1cccnc1)OC. The van der Waals surface area contributed by atoms with E-state index in [2.05, 4.69) is 4.98 Å². The lowest BCUT2D eigenvalue weighted by Crippen LogP contribution is -2.38. The van der Waals surface area contributed by atoms with Gasteiger partial charge in [0.2, 0.25) is 0 Å². The van der Waals surface area contributed by atoms with E-state index in [-0.39, 0.29) is 17.9 Å². The molecule has 1 N–H and O–H groups in total. The molecule has 0 spiro atoms. The molecule has 1 unspecified atom stereocenters. The van der Waals surface area contributed by atoms with Crippen molar-refractivity contribution in [1.82, 2.24) is 9.88 Å². The Labute approximate surface area is 156 Å². The fourth-order valence-corrected chi connectivity index (χ4v) is 3.11. The lowest BCUT2D eigenvalue weighted by atomic mass is 9.96. The highest BCUT2D eigenvalue weighted by Crippen LogP contribution is 2.39. The van der Waals surface area contributed by atoms with Crippen molar-refractivity contribution in [3.8, 4) is 0 Å². The molecule has 7 nitrogen and oxygen atoms in total. The van der Waals surface area contributed by atoms with Gasteiger partial charge in [-0.05, 0) is 11.6 Å². The van der Waals surface area contributed by atoms with Crippen LogP contribution in [-0.4, -0.2) is 53.7 Å². The topological polar surface area (TPSA) is 89.0 Å². The van der Waals surface area contributed by atoms with Gasteiger partial charge in [-0.1, -0.05) is 36.4 Å². The summed E-state index contributed by atoms with van der Waals surface area (Å²) in [6.45, 7) is 0.0305. The maximum Gasteiger partial charge on any atom is 0.295 e. The number of pyridine rings is 1. The monoisotopic (exact) mass is 368 g/mol. The van der Waals surface area contributed by atoms with E-state index in [9.17, 15) is 14.7 Å². The summed E-state index contributed by atoms with van der Waals surface area (Å²) in [4.78, 5) is 30.9. The molecule has 7 heteroatoms. The summed E-state index contributed by atoms with van der Waals surface area (Å²) >= 11 is 0. The number of benzene rings is 1. The second-order valence-corrected chi connectivity index (χ2v) is 6.00. The molecule has 1 atom stereocenters. The van der Waals surface area contributed by atoms with Crippen LogP contribution in [0.2, 0.25) is 0 Å². The van der Waals surface area contributed by atoms with Crippen molar-refractivity contribution in [2.45, 2.75) is 12.3 Å². The molecule has 0 aliphatic carbocycles. The Bertz CT molecular complexity index is 847. The zero-order chi connectivity index (χ0) is 19.4. The zero-order valence-corrected chi connectivity index (χ0v) is 15.0. The number of nitrogens with zero attached hydrogens (tertiary/aromatic N) is 2. The fourth-order valence-electron chi connectivity index (χ4n) is 3.11. The van der Waals surface area contributed by atoms with Crippen LogP contribution in [0.5, 0.6) is 0 Å². The quantitative estimate of drug-likeness (QED) is 0.364. The van der Waals surface area contributed by atoms with Gasteiger partial charge in [-0.15, -0.1) is 0 Å². The number of ether oxygens (including phenoxy) is 2. The Kier molecular flexibility index (Phi) is 5.63. The van der Waals surface area contributed by atoms with Gasteiger partial charge < -0.3 is 19.5 Å². The third kappa shape index (κ3) is 3.60. The van der Waals surface area contributed by atoms with Crippen LogP contribution in [0.15, 0.2) is 60.4 Å². The molecule has 27 heavy (non-hydrogen) atoms. The highest BCUT2D eigenvalue weighted by atomic mass is 16.7. The number of carbonyl (C=O) groups excluding carboxylic acids is 2. The largest absolute Gasteiger partial charge is 0.507 e. The molecular weight excluding hydrogens is 348 g/mol. The first kappa shape index (κ1) is 18.8. The summed E-state index contributed by atoms with van der Waals surface area (Å²) in [6.07, 6.45) is 2.45. The van der Waals surface area contributed by atoms with Crippen molar-refractivity contribution in [3.05, 3.63) is 71.6 Å². The molecule has 1 aromatic heterocycles. The van der Waals surface area contributed by atoms with Crippen LogP contribution in [0, 0.1) is 0 Å². The highest BCUT2D eigenvalue weighted by molar-refractivity contribution is 6.46. The normalized spacial score (nSPS) is 19.1. The first-order valence-electron chi connectivity index (χ1n) is 8.37. The molecule has 1 fully saturated rings. The Morgan fingerprint density at radius 2 is 1.85 bits per heavy atom. The van der Waals surface area contributed by atoms with E-state index in [0.717, 1.165) is 0 Å². The lowest BCUT2D eigenvalue weighted by Gasteiger charge is -2.27. The maximum absolute atomic E-state index is 12.8. The van der Waals surface area contributed by atoms with Crippen LogP contribution in [0.3, 0.4) is 0 Å². The first-order valence-corrected chi connectivity index (χ1v) is 8.37. The minimum atomic E-state index is -0.785. The number of amides is 1. The average Bonchev–Trinajstić information content (AvgIpc) is 2.97. The maximum atomic E-state index is 12.8. The van der Waals surface area contributed by atoms with Gasteiger partial charge in [-0.3, -0.25) is 14.6 Å². The Morgan fingerprint density at radius 3 is 2.44 bits per heavy atom.